The number of halogens is 2. The van der Waals surface area contributed by atoms with Crippen molar-refractivity contribution in [2.24, 2.45) is 5.84 Å². The molecule has 0 saturated heterocycles. The maximum Gasteiger partial charge on any atom is 0.161 e. The Bertz CT molecular complexity index is 635. The highest BCUT2D eigenvalue weighted by Gasteiger charge is 2.16. The second-order valence-corrected chi connectivity index (χ2v) is 4.39. The molecule has 3 N–H and O–H groups in total. The minimum Gasteiger partial charge on any atom is -0.493 e. The van der Waals surface area contributed by atoms with E-state index in [0.29, 0.717) is 17.1 Å². The van der Waals surface area contributed by atoms with E-state index in [1.807, 2.05) is 0 Å². The molecular weight excluding hydrogens is 278 g/mol. The number of rotatable bonds is 5. The lowest BCUT2D eigenvalue weighted by molar-refractivity contribution is 0.354. The number of hydrazine groups is 1. The van der Waals surface area contributed by atoms with Crippen molar-refractivity contribution in [3.8, 4) is 11.5 Å². The smallest absolute Gasteiger partial charge is 0.161 e. The highest BCUT2D eigenvalue weighted by molar-refractivity contribution is 5.45. The van der Waals surface area contributed by atoms with Gasteiger partial charge in [-0.3, -0.25) is 5.84 Å². The Morgan fingerprint density at radius 2 is 1.52 bits per heavy atom. The third-order valence-electron chi connectivity index (χ3n) is 3.18. The van der Waals surface area contributed by atoms with Gasteiger partial charge in [0.15, 0.2) is 23.1 Å². The predicted octanol–water partition coefficient (Wildman–Crippen LogP) is 2.53. The molecule has 112 valence electrons. The molecule has 2 aromatic rings. The number of nitrogens with two attached hydrogens (primary N) is 1. The third-order valence-corrected chi connectivity index (χ3v) is 3.18. The Morgan fingerprint density at radius 1 is 0.905 bits per heavy atom. The van der Waals surface area contributed by atoms with Crippen LogP contribution in [0.4, 0.5) is 8.78 Å². The number of nitrogens with one attached hydrogen (secondary N) is 1. The molecule has 0 heterocycles. The van der Waals surface area contributed by atoms with Crippen LogP contribution in [-0.4, -0.2) is 14.2 Å². The number of ether oxygens (including phenoxy) is 2. The van der Waals surface area contributed by atoms with E-state index in [9.17, 15) is 8.78 Å². The zero-order valence-electron chi connectivity index (χ0n) is 11.7. The average Bonchev–Trinajstić information content (AvgIpc) is 2.51. The van der Waals surface area contributed by atoms with Gasteiger partial charge < -0.3 is 9.47 Å². The van der Waals surface area contributed by atoms with Crippen LogP contribution in [0.1, 0.15) is 17.2 Å². The van der Waals surface area contributed by atoms with E-state index in [0.717, 1.165) is 17.7 Å². The summed E-state index contributed by atoms with van der Waals surface area (Å²) in [5, 5.41) is 0. The molecule has 2 rings (SSSR count). The number of hydrogen-bond donors (Lipinski definition) is 2. The van der Waals surface area contributed by atoms with Gasteiger partial charge in [-0.15, -0.1) is 0 Å². The van der Waals surface area contributed by atoms with Crippen LogP contribution < -0.4 is 20.7 Å². The lowest BCUT2D eigenvalue weighted by Crippen LogP contribution is -2.29. The van der Waals surface area contributed by atoms with Crippen LogP contribution in [0.15, 0.2) is 36.4 Å². The molecular formula is C15H16F2N2O2. The van der Waals surface area contributed by atoms with E-state index in [2.05, 4.69) is 5.43 Å². The van der Waals surface area contributed by atoms with Crippen LogP contribution in [0, 0.1) is 11.6 Å². The van der Waals surface area contributed by atoms with Crippen molar-refractivity contribution in [2.75, 3.05) is 14.2 Å². The van der Waals surface area contributed by atoms with E-state index in [1.54, 1.807) is 18.2 Å². The summed E-state index contributed by atoms with van der Waals surface area (Å²) in [4.78, 5) is 0. The highest BCUT2D eigenvalue weighted by Crippen LogP contribution is 2.32. The molecule has 21 heavy (non-hydrogen) atoms. The van der Waals surface area contributed by atoms with Crippen LogP contribution in [0.5, 0.6) is 11.5 Å². The first kappa shape index (κ1) is 15.2. The molecule has 0 amide bonds. The monoisotopic (exact) mass is 294 g/mol. The molecule has 0 aliphatic carbocycles. The molecule has 2 aromatic carbocycles. The van der Waals surface area contributed by atoms with Crippen LogP contribution in [0.2, 0.25) is 0 Å². The van der Waals surface area contributed by atoms with Gasteiger partial charge in [0.1, 0.15) is 0 Å². The minimum absolute atomic E-state index is 0.500. The molecule has 4 nitrogen and oxygen atoms in total. The number of benzene rings is 2. The Labute approximate surface area is 121 Å². The number of hydrogen-bond acceptors (Lipinski definition) is 4. The Morgan fingerprint density at radius 3 is 2.10 bits per heavy atom. The predicted molar refractivity (Wildman–Crippen MR) is 75.1 cm³/mol. The first-order valence-corrected chi connectivity index (χ1v) is 6.23. The van der Waals surface area contributed by atoms with E-state index in [4.69, 9.17) is 15.3 Å². The van der Waals surface area contributed by atoms with Crippen molar-refractivity contribution < 1.29 is 18.3 Å². The van der Waals surface area contributed by atoms with Crippen LogP contribution in [0.25, 0.3) is 0 Å². The van der Waals surface area contributed by atoms with Crippen LogP contribution >= 0.6 is 0 Å². The fourth-order valence-corrected chi connectivity index (χ4v) is 2.11. The molecule has 0 spiro atoms. The second-order valence-electron chi connectivity index (χ2n) is 4.39. The second kappa shape index (κ2) is 6.51. The fraction of sp³-hybridized carbons (Fsp3) is 0.200. The van der Waals surface area contributed by atoms with E-state index in [1.165, 1.54) is 20.3 Å². The largest absolute Gasteiger partial charge is 0.493 e. The standard InChI is InChI=1S/C15H16F2N2O2/c1-20-13-6-4-10(8-14(13)21-2)15(19-18)9-3-5-11(16)12(17)7-9/h3-8,15,19H,18H2,1-2H3. The summed E-state index contributed by atoms with van der Waals surface area (Å²) < 4.78 is 36.8. The number of methoxy groups -OCH3 is 2. The van der Waals surface area contributed by atoms with Gasteiger partial charge in [-0.2, -0.15) is 0 Å². The molecule has 0 bridgehead atoms. The Kier molecular flexibility index (Phi) is 4.72. The fourth-order valence-electron chi connectivity index (χ4n) is 2.11. The lowest BCUT2D eigenvalue weighted by atomic mass is 9.98. The van der Waals surface area contributed by atoms with Crippen molar-refractivity contribution in [3.05, 3.63) is 59.2 Å². The van der Waals surface area contributed by atoms with E-state index < -0.39 is 17.7 Å². The molecule has 1 atom stereocenters. The lowest BCUT2D eigenvalue weighted by Gasteiger charge is -2.18. The van der Waals surface area contributed by atoms with Crippen molar-refractivity contribution in [1.29, 1.82) is 0 Å². The van der Waals surface area contributed by atoms with Crippen molar-refractivity contribution in [2.45, 2.75) is 6.04 Å². The topological polar surface area (TPSA) is 56.5 Å². The van der Waals surface area contributed by atoms with Gasteiger partial charge in [-0.1, -0.05) is 12.1 Å². The summed E-state index contributed by atoms with van der Waals surface area (Å²) in [5.41, 5.74) is 3.83. The van der Waals surface area contributed by atoms with Gasteiger partial charge in [0, 0.05) is 0 Å². The molecule has 6 heteroatoms. The quantitative estimate of drug-likeness (QED) is 0.657. The zero-order chi connectivity index (χ0) is 15.4. The highest BCUT2D eigenvalue weighted by atomic mass is 19.2. The van der Waals surface area contributed by atoms with Crippen LogP contribution in [-0.2, 0) is 0 Å². The summed E-state index contributed by atoms with van der Waals surface area (Å²) in [7, 11) is 3.05. The van der Waals surface area contributed by atoms with Gasteiger partial charge in [-0.25, -0.2) is 14.2 Å². The van der Waals surface area contributed by atoms with Gasteiger partial charge in [-0.05, 0) is 35.4 Å². The van der Waals surface area contributed by atoms with Crippen LogP contribution in [0.3, 0.4) is 0 Å². The van der Waals surface area contributed by atoms with E-state index in [-0.39, 0.29) is 0 Å². The van der Waals surface area contributed by atoms with Gasteiger partial charge in [0.25, 0.3) is 0 Å². The third kappa shape index (κ3) is 3.12. The minimum atomic E-state index is -0.923. The molecule has 0 aliphatic rings. The van der Waals surface area contributed by atoms with Gasteiger partial charge in [0.05, 0.1) is 20.3 Å². The first-order valence-electron chi connectivity index (χ1n) is 6.23. The molecule has 0 fully saturated rings. The molecule has 0 aliphatic heterocycles. The maximum atomic E-state index is 13.4. The van der Waals surface area contributed by atoms with Crippen molar-refractivity contribution in [3.63, 3.8) is 0 Å². The Balaban J connectivity index is 2.43. The summed E-state index contributed by atoms with van der Waals surface area (Å²) in [6.45, 7) is 0. The van der Waals surface area contributed by atoms with Gasteiger partial charge in [0.2, 0.25) is 0 Å². The maximum absolute atomic E-state index is 13.4. The normalized spacial score (nSPS) is 12.0. The molecule has 0 radical (unpaired) electrons. The van der Waals surface area contributed by atoms with Gasteiger partial charge >= 0.3 is 0 Å². The average molecular weight is 294 g/mol. The summed E-state index contributed by atoms with van der Waals surface area (Å²) in [6, 6.07) is 8.36. The summed E-state index contributed by atoms with van der Waals surface area (Å²) >= 11 is 0. The zero-order valence-corrected chi connectivity index (χ0v) is 11.7. The van der Waals surface area contributed by atoms with E-state index >= 15 is 0 Å². The molecule has 1 unspecified atom stereocenters. The van der Waals surface area contributed by atoms with Crippen molar-refractivity contribution >= 4 is 0 Å². The first-order chi connectivity index (χ1) is 10.1. The SMILES string of the molecule is COc1ccc(C(NN)c2ccc(F)c(F)c2)cc1OC. The molecule has 0 aromatic heterocycles. The molecule has 0 saturated carbocycles. The Hall–Kier alpha value is -2.18. The summed E-state index contributed by atoms with van der Waals surface area (Å²) in [6.07, 6.45) is 0. The summed E-state index contributed by atoms with van der Waals surface area (Å²) in [5.74, 6) is 4.82. The van der Waals surface area contributed by atoms with Crippen molar-refractivity contribution in [1.82, 2.24) is 5.43 Å².